The number of nitrogens with one attached hydrogen (secondary N) is 1. The molecule has 5 rings (SSSR count). The minimum atomic E-state index is -0.744. The lowest BCUT2D eigenvalue weighted by molar-refractivity contribution is -0.137. The Morgan fingerprint density at radius 3 is 2.55 bits per heavy atom. The number of carboxylic acids is 1. The third-order valence-corrected chi connectivity index (χ3v) is 8.98. The second kappa shape index (κ2) is 17.9. The molecule has 0 saturated carbocycles. The van der Waals surface area contributed by atoms with Crippen LogP contribution in [0.25, 0.3) is 11.2 Å². The molecule has 2 aromatic heterocycles. The summed E-state index contributed by atoms with van der Waals surface area (Å²) in [6.45, 7) is 10.7. The van der Waals surface area contributed by atoms with Gasteiger partial charge in [0.15, 0.2) is 11.5 Å². The average Bonchev–Trinajstić information content (AvgIpc) is 3.68. The largest absolute Gasteiger partial charge is 0.481 e. The number of carbonyl (C=O) groups is 3. The fraction of sp³-hybridized carbons (Fsp3) is 0.474. The first-order valence-electron chi connectivity index (χ1n) is 17.4. The Morgan fingerprint density at radius 2 is 1.86 bits per heavy atom. The number of aromatic nitrogens is 4. The maximum Gasteiger partial charge on any atom is 0.308 e. The van der Waals surface area contributed by atoms with Crippen LogP contribution in [0.3, 0.4) is 0 Å². The normalized spacial score (nSPS) is 16.3. The number of nitrogens with zero attached hydrogens (tertiary/aromatic N) is 4. The summed E-state index contributed by atoms with van der Waals surface area (Å²) in [7, 11) is 0. The number of nitrogens with two attached hydrogens (primary N) is 2. The Morgan fingerprint density at radius 1 is 1.12 bits per heavy atom. The van der Waals surface area contributed by atoms with Crippen molar-refractivity contribution in [3.05, 3.63) is 77.4 Å². The Balaban J connectivity index is 0.000000263. The van der Waals surface area contributed by atoms with Crippen molar-refractivity contribution in [1.82, 2.24) is 24.8 Å². The predicted octanol–water partition coefficient (Wildman–Crippen LogP) is 5.52. The van der Waals surface area contributed by atoms with E-state index in [9.17, 15) is 14.4 Å². The fourth-order valence-electron chi connectivity index (χ4n) is 6.93. The van der Waals surface area contributed by atoms with Crippen LogP contribution in [0.4, 0.5) is 5.82 Å². The molecule has 4 aromatic rings. The molecule has 1 saturated heterocycles. The number of hydrogen-bond acceptors (Lipinski definition) is 10. The lowest BCUT2D eigenvalue weighted by Crippen LogP contribution is -2.28. The zero-order valence-corrected chi connectivity index (χ0v) is 30.2. The Hall–Kier alpha value is -4.88. The first-order valence-corrected chi connectivity index (χ1v) is 17.4. The number of primary amides is 1. The molecule has 274 valence electrons. The Kier molecular flexibility index (Phi) is 13.6. The summed E-state index contributed by atoms with van der Waals surface area (Å²) in [5.41, 5.74) is 16.1. The molecular formula is C38H51N7O6. The molecule has 1 amide bonds. The van der Waals surface area contributed by atoms with Crippen LogP contribution in [0.2, 0.25) is 0 Å². The monoisotopic (exact) mass is 701 g/mol. The minimum Gasteiger partial charge on any atom is -0.481 e. The third-order valence-electron chi connectivity index (χ3n) is 8.98. The molecule has 13 nitrogen and oxygen atoms in total. The number of ether oxygens (including phenoxy) is 2. The van der Waals surface area contributed by atoms with E-state index in [0.29, 0.717) is 35.1 Å². The van der Waals surface area contributed by atoms with E-state index in [1.807, 2.05) is 62.6 Å². The number of benzene rings is 2. The van der Waals surface area contributed by atoms with Crippen LogP contribution in [-0.4, -0.2) is 55.1 Å². The van der Waals surface area contributed by atoms with Crippen molar-refractivity contribution >= 4 is 34.8 Å². The van der Waals surface area contributed by atoms with E-state index in [-0.39, 0.29) is 37.0 Å². The van der Waals surface area contributed by atoms with Gasteiger partial charge in [0.2, 0.25) is 5.91 Å². The lowest BCUT2D eigenvalue weighted by Gasteiger charge is -2.28. The van der Waals surface area contributed by atoms with E-state index in [1.165, 1.54) is 18.8 Å². The van der Waals surface area contributed by atoms with Gasteiger partial charge in [-0.3, -0.25) is 19.0 Å². The summed E-state index contributed by atoms with van der Waals surface area (Å²) in [5.74, 6) is -0.270. The number of carboxylic acid groups (broad SMARTS) is 1. The molecule has 51 heavy (non-hydrogen) atoms. The molecule has 0 radical (unpaired) electrons. The number of imidazole rings is 1. The number of nitrogen functional groups attached to an aromatic ring is 1. The summed E-state index contributed by atoms with van der Waals surface area (Å²) >= 11 is 0. The van der Waals surface area contributed by atoms with Gasteiger partial charge in [-0.15, -0.1) is 0 Å². The molecule has 3 heterocycles. The van der Waals surface area contributed by atoms with Crippen molar-refractivity contribution in [2.24, 2.45) is 11.7 Å². The maximum absolute atomic E-state index is 11.2. The van der Waals surface area contributed by atoms with Crippen LogP contribution in [0, 0.1) is 19.8 Å². The molecule has 1 aliphatic rings. The molecule has 0 unspecified atom stereocenters. The van der Waals surface area contributed by atoms with Crippen molar-refractivity contribution in [2.75, 3.05) is 12.3 Å². The van der Waals surface area contributed by atoms with Gasteiger partial charge in [-0.05, 0) is 81.2 Å². The van der Waals surface area contributed by atoms with Crippen LogP contribution in [0.1, 0.15) is 94.2 Å². The standard InChI is InChI=1S/C23H30N6O3.C15H21NO3/c24-22-21-23(27-14-26-22)29(15-28-21)19-10-9-18(32-19)11-17(7-4-8-20(30)31)13-25-12-16-5-2-1-3-6-16;1-9-6-10(2)14(12(7-9)19-11(3)17)15(4,5)8-13(16)18/h1-3,5-6,14-15,17-19,25H,4,7-13H2,(H,30,31)(H2,24,26,27);6-7H,8H2,1-5H3,(H2,16,18)/t17-,18-,19+;/m0./s1. The van der Waals surface area contributed by atoms with Gasteiger partial charge in [0.05, 0.1) is 12.4 Å². The van der Waals surface area contributed by atoms with Crippen LogP contribution in [-0.2, 0) is 31.1 Å². The number of rotatable bonds is 15. The molecular weight excluding hydrogens is 650 g/mol. The second-order valence-electron chi connectivity index (χ2n) is 14.0. The number of fused-ring (bicyclic) bond motifs is 1. The van der Waals surface area contributed by atoms with E-state index in [4.69, 9.17) is 26.0 Å². The molecule has 0 bridgehead atoms. The van der Waals surface area contributed by atoms with Crippen molar-refractivity contribution in [1.29, 1.82) is 0 Å². The smallest absolute Gasteiger partial charge is 0.308 e. The molecule has 1 fully saturated rings. The summed E-state index contributed by atoms with van der Waals surface area (Å²) < 4.78 is 13.6. The van der Waals surface area contributed by atoms with Gasteiger partial charge in [0.1, 0.15) is 23.8 Å². The number of aliphatic carboxylic acids is 1. The highest BCUT2D eigenvalue weighted by molar-refractivity contribution is 5.81. The van der Waals surface area contributed by atoms with E-state index in [1.54, 1.807) is 6.33 Å². The average molecular weight is 702 g/mol. The highest BCUT2D eigenvalue weighted by atomic mass is 16.5. The van der Waals surface area contributed by atoms with Gasteiger partial charge in [0, 0.05) is 37.3 Å². The van der Waals surface area contributed by atoms with Gasteiger partial charge in [-0.2, -0.15) is 0 Å². The molecule has 13 heteroatoms. The predicted molar refractivity (Wildman–Crippen MR) is 195 cm³/mol. The third kappa shape index (κ3) is 11.3. The van der Waals surface area contributed by atoms with Crippen molar-refractivity contribution in [3.63, 3.8) is 0 Å². The minimum absolute atomic E-state index is 0.116. The summed E-state index contributed by atoms with van der Waals surface area (Å²) in [6, 6.07) is 14.1. The summed E-state index contributed by atoms with van der Waals surface area (Å²) in [5, 5.41) is 12.5. The number of hydrogen-bond donors (Lipinski definition) is 4. The number of aryl methyl sites for hydroxylation is 2. The van der Waals surface area contributed by atoms with Gasteiger partial charge in [0.25, 0.3) is 0 Å². The summed E-state index contributed by atoms with van der Waals surface area (Å²) in [4.78, 5) is 46.1. The number of esters is 1. The SMILES string of the molecule is CC(=O)Oc1cc(C)cc(C)c1C(C)(C)CC(N)=O.Nc1ncnc2c1ncn2[C@H]1CC[C@@H](C[C@H](CCCC(=O)O)CNCc2ccccc2)O1. The van der Waals surface area contributed by atoms with Gasteiger partial charge >= 0.3 is 11.9 Å². The second-order valence-corrected chi connectivity index (χ2v) is 14.0. The zero-order chi connectivity index (χ0) is 37.1. The van der Waals surface area contributed by atoms with E-state index >= 15 is 0 Å². The quantitative estimate of drug-likeness (QED) is 0.0899. The highest BCUT2D eigenvalue weighted by Crippen LogP contribution is 2.38. The number of amides is 1. The van der Waals surface area contributed by atoms with Crippen molar-refractivity contribution in [3.8, 4) is 5.75 Å². The van der Waals surface area contributed by atoms with E-state index in [2.05, 4.69) is 32.4 Å². The molecule has 0 aliphatic carbocycles. The molecule has 3 atom stereocenters. The van der Waals surface area contributed by atoms with Crippen molar-refractivity contribution in [2.45, 2.75) is 104 Å². The van der Waals surface area contributed by atoms with Crippen LogP contribution in [0.5, 0.6) is 5.75 Å². The lowest BCUT2D eigenvalue weighted by atomic mass is 9.78. The van der Waals surface area contributed by atoms with Crippen LogP contribution < -0.4 is 21.5 Å². The summed E-state index contributed by atoms with van der Waals surface area (Å²) in [6.07, 6.45) is 7.79. The maximum atomic E-state index is 11.2. The molecule has 1 aliphatic heterocycles. The topological polar surface area (TPSA) is 198 Å². The van der Waals surface area contributed by atoms with E-state index < -0.39 is 11.4 Å². The van der Waals surface area contributed by atoms with Gasteiger partial charge < -0.3 is 31.4 Å². The van der Waals surface area contributed by atoms with Crippen molar-refractivity contribution < 1.29 is 29.0 Å². The molecule has 0 spiro atoms. The molecule has 6 N–H and O–H groups in total. The Labute approximate surface area is 299 Å². The number of anilines is 1. The zero-order valence-electron chi connectivity index (χ0n) is 30.2. The first kappa shape index (κ1) is 38.9. The highest BCUT2D eigenvalue weighted by Gasteiger charge is 2.31. The molecule has 2 aromatic carbocycles. The number of carbonyl (C=O) groups excluding carboxylic acids is 2. The van der Waals surface area contributed by atoms with Crippen LogP contribution >= 0.6 is 0 Å². The van der Waals surface area contributed by atoms with Crippen LogP contribution in [0.15, 0.2) is 55.1 Å². The fourth-order valence-corrected chi connectivity index (χ4v) is 6.93. The Bertz CT molecular complexity index is 1790. The van der Waals surface area contributed by atoms with Gasteiger partial charge in [-0.25, -0.2) is 15.0 Å². The van der Waals surface area contributed by atoms with E-state index in [0.717, 1.165) is 55.5 Å². The van der Waals surface area contributed by atoms with Gasteiger partial charge in [-0.1, -0.05) is 50.2 Å². The first-order chi connectivity index (χ1) is 24.2.